The number of amides is 3. The van der Waals surface area contributed by atoms with Crippen LogP contribution in [0.4, 0.5) is 0 Å². The van der Waals surface area contributed by atoms with Gasteiger partial charge in [0.05, 0.1) is 17.8 Å². The van der Waals surface area contributed by atoms with Crippen molar-refractivity contribution < 1.29 is 38.5 Å². The summed E-state index contributed by atoms with van der Waals surface area (Å²) in [6, 6.07) is 11.1. The molecule has 0 saturated carbocycles. The van der Waals surface area contributed by atoms with Crippen LogP contribution in [0.5, 0.6) is 0 Å². The number of pyridine rings is 1. The number of carbonyl (C=O) groups excluding carboxylic acids is 5. The summed E-state index contributed by atoms with van der Waals surface area (Å²) in [7, 11) is 0. The summed E-state index contributed by atoms with van der Waals surface area (Å²) in [6.07, 6.45) is 5.01. The smallest absolute Gasteiger partial charge is 0.379 e. The van der Waals surface area contributed by atoms with Gasteiger partial charge in [-0.25, -0.2) is 9.36 Å². The van der Waals surface area contributed by atoms with Crippen LogP contribution >= 0.6 is 11.8 Å². The molecule has 4 rings (SSSR count). The minimum atomic E-state index is -1.37. The Balaban J connectivity index is 1.23. The average Bonchev–Trinajstić information content (AvgIpc) is 2.92. The van der Waals surface area contributed by atoms with Gasteiger partial charge in [0.2, 0.25) is 5.91 Å². The molecule has 3 amide bonds. The molecule has 1 fully saturated rings. The molecule has 0 aliphatic carbocycles. The van der Waals surface area contributed by atoms with Gasteiger partial charge in [-0.05, 0) is 30.5 Å². The zero-order valence-electron chi connectivity index (χ0n) is 20.4. The van der Waals surface area contributed by atoms with Crippen LogP contribution in [0.15, 0.2) is 66.1 Å². The number of aromatic nitrogens is 1. The molecule has 2 aliphatic heterocycles. The van der Waals surface area contributed by atoms with Gasteiger partial charge >= 0.3 is 5.97 Å². The second-order valence-corrected chi connectivity index (χ2v) is 9.90. The van der Waals surface area contributed by atoms with E-state index < -0.39 is 23.8 Å². The van der Waals surface area contributed by atoms with Gasteiger partial charge < -0.3 is 20.1 Å². The van der Waals surface area contributed by atoms with E-state index in [-0.39, 0.29) is 41.1 Å². The van der Waals surface area contributed by atoms with E-state index in [9.17, 15) is 29.1 Å². The fourth-order valence-electron chi connectivity index (χ4n) is 4.05. The van der Waals surface area contributed by atoms with Crippen molar-refractivity contribution in [3.05, 3.63) is 77.3 Å². The third-order valence-electron chi connectivity index (χ3n) is 6.01. The summed E-state index contributed by atoms with van der Waals surface area (Å²) in [5.41, 5.74) is 3.17. The Hall–Kier alpha value is -4.19. The normalized spacial score (nSPS) is 16.3. The number of nitrogens with zero attached hydrogens (tertiary/aromatic N) is 2. The van der Waals surface area contributed by atoms with E-state index in [0.29, 0.717) is 31.6 Å². The number of thioether (sulfide) groups is 1. The second kappa shape index (κ2) is 12.4. The first-order valence-corrected chi connectivity index (χ1v) is 13.1. The Bertz CT molecular complexity index is 1280. The van der Waals surface area contributed by atoms with Crippen molar-refractivity contribution in [1.82, 2.24) is 15.7 Å². The van der Waals surface area contributed by atoms with Crippen molar-refractivity contribution in [2.45, 2.75) is 37.6 Å². The molecule has 2 aromatic rings. The molecule has 1 atom stereocenters. The van der Waals surface area contributed by atoms with Crippen LogP contribution in [0, 0.1) is 0 Å². The monoisotopic (exact) mass is 538 g/mol. The van der Waals surface area contributed by atoms with E-state index in [1.54, 1.807) is 11.8 Å². The molecule has 3 heterocycles. The fourth-order valence-corrected chi connectivity index (χ4v) is 5.31. The van der Waals surface area contributed by atoms with Crippen molar-refractivity contribution in [2.24, 2.45) is 0 Å². The third-order valence-corrected chi connectivity index (χ3v) is 7.29. The lowest BCUT2D eigenvalue weighted by Gasteiger charge is -2.43. The number of hydrogen-bond acceptors (Lipinski definition) is 8. The SMILES string of the molecule is O=C(CCCCNC(=O)c1cccc(C(=O)[O-])c1)NOC(=O)C1=C(C[n+]2ccccc2)CS[C@H]2CC(=O)N12. The zero-order chi connectivity index (χ0) is 27.1. The van der Waals surface area contributed by atoms with Gasteiger partial charge in [0.1, 0.15) is 5.70 Å². The van der Waals surface area contributed by atoms with Gasteiger partial charge in [-0.15, -0.1) is 11.8 Å². The number of unbranched alkanes of at least 4 members (excludes halogenated alkanes) is 1. The van der Waals surface area contributed by atoms with E-state index >= 15 is 0 Å². The molecule has 11 nitrogen and oxygen atoms in total. The molecule has 0 radical (unpaired) electrons. The molecule has 198 valence electrons. The van der Waals surface area contributed by atoms with Crippen molar-refractivity contribution in [3.8, 4) is 0 Å². The van der Waals surface area contributed by atoms with E-state index in [1.807, 2.05) is 35.2 Å². The molecule has 0 bridgehead atoms. The molecule has 38 heavy (non-hydrogen) atoms. The Morgan fingerprint density at radius 2 is 1.84 bits per heavy atom. The highest BCUT2D eigenvalue weighted by Gasteiger charge is 2.46. The van der Waals surface area contributed by atoms with Gasteiger partial charge in [0, 0.05) is 42.0 Å². The number of carbonyl (C=O) groups is 5. The topological polar surface area (TPSA) is 149 Å². The number of β-lactam (4-membered cyclic amide) rings is 1. The van der Waals surface area contributed by atoms with Crippen molar-refractivity contribution in [1.29, 1.82) is 0 Å². The van der Waals surface area contributed by atoms with Crippen molar-refractivity contribution >= 4 is 41.4 Å². The number of carboxylic acids is 1. The number of hydrogen-bond donors (Lipinski definition) is 2. The second-order valence-electron chi connectivity index (χ2n) is 8.73. The van der Waals surface area contributed by atoms with Crippen molar-refractivity contribution in [2.75, 3.05) is 12.3 Å². The van der Waals surface area contributed by atoms with Crippen LogP contribution in [0.1, 0.15) is 46.4 Å². The maximum atomic E-state index is 12.9. The zero-order valence-corrected chi connectivity index (χ0v) is 21.2. The molecular formula is C26H26N4O7S. The first-order valence-electron chi connectivity index (χ1n) is 12.0. The largest absolute Gasteiger partial charge is 0.545 e. The van der Waals surface area contributed by atoms with E-state index in [2.05, 4.69) is 10.8 Å². The first kappa shape index (κ1) is 26.9. The molecule has 2 aliphatic rings. The molecule has 0 spiro atoms. The third kappa shape index (κ3) is 6.57. The number of rotatable bonds is 10. The summed E-state index contributed by atoms with van der Waals surface area (Å²) in [4.78, 5) is 66.9. The number of benzene rings is 1. The lowest BCUT2D eigenvalue weighted by molar-refractivity contribution is -0.689. The minimum absolute atomic E-state index is 0.0518. The molecule has 12 heteroatoms. The maximum absolute atomic E-state index is 12.9. The van der Waals surface area contributed by atoms with Gasteiger partial charge in [-0.3, -0.25) is 19.3 Å². The molecule has 2 N–H and O–H groups in total. The lowest BCUT2D eigenvalue weighted by atomic mass is 10.1. The number of nitrogens with one attached hydrogen (secondary N) is 2. The highest BCUT2D eigenvalue weighted by atomic mass is 32.2. The van der Waals surface area contributed by atoms with Crippen LogP contribution in [-0.2, 0) is 25.8 Å². The Morgan fingerprint density at radius 1 is 1.08 bits per heavy atom. The van der Waals surface area contributed by atoms with Crippen LogP contribution in [0.2, 0.25) is 0 Å². The van der Waals surface area contributed by atoms with E-state index in [0.717, 1.165) is 5.57 Å². The Morgan fingerprint density at radius 3 is 2.58 bits per heavy atom. The molecule has 1 saturated heterocycles. The van der Waals surface area contributed by atoms with Crippen LogP contribution in [0.3, 0.4) is 0 Å². The Kier molecular flexibility index (Phi) is 8.74. The van der Waals surface area contributed by atoms with E-state index in [1.165, 1.54) is 29.2 Å². The maximum Gasteiger partial charge on any atom is 0.379 e. The van der Waals surface area contributed by atoms with E-state index in [4.69, 9.17) is 4.84 Å². The predicted octanol–water partition coefficient (Wildman–Crippen LogP) is 0.0716. The van der Waals surface area contributed by atoms with Crippen molar-refractivity contribution in [3.63, 3.8) is 0 Å². The highest BCUT2D eigenvalue weighted by Crippen LogP contribution is 2.40. The number of aromatic carboxylic acids is 1. The highest BCUT2D eigenvalue weighted by molar-refractivity contribution is 8.00. The molecule has 1 aromatic carbocycles. The predicted molar refractivity (Wildman–Crippen MR) is 133 cm³/mol. The standard InChI is InChI=1S/C26H26N4O7S/c31-20(9-2-3-10-27-24(33)17-7-6-8-18(13-17)25(34)35)28-37-26(36)23-19(15-29-11-4-1-5-12-29)16-38-22-14-21(32)30(22)23/h1,4-8,11-13,22H,2-3,9-10,14-16H2,(H2-,27,28,31,33,34,35)/t22-/m0/s1. The first-order chi connectivity index (χ1) is 18.3. The summed E-state index contributed by atoms with van der Waals surface area (Å²) in [5, 5.41) is 13.5. The quantitative estimate of drug-likeness (QED) is 0.187. The molecular weight excluding hydrogens is 512 g/mol. The van der Waals surface area contributed by atoms with Crippen LogP contribution in [-0.4, -0.2) is 52.2 Å². The fraction of sp³-hybridized carbons (Fsp3) is 0.308. The van der Waals surface area contributed by atoms with Gasteiger partial charge in [0.25, 0.3) is 11.8 Å². The molecule has 1 aromatic heterocycles. The number of hydroxylamine groups is 1. The summed E-state index contributed by atoms with van der Waals surface area (Å²) in [5.74, 6) is -2.69. The number of carboxylic acid groups (broad SMARTS) is 1. The van der Waals surface area contributed by atoms with Gasteiger partial charge in [-0.2, -0.15) is 5.48 Å². The summed E-state index contributed by atoms with van der Waals surface area (Å²) >= 11 is 1.59. The average molecular weight is 539 g/mol. The van der Waals surface area contributed by atoms with Gasteiger partial charge in [0.15, 0.2) is 18.9 Å². The van der Waals surface area contributed by atoms with Crippen LogP contribution < -0.4 is 20.5 Å². The van der Waals surface area contributed by atoms with Crippen LogP contribution in [0.25, 0.3) is 0 Å². The summed E-state index contributed by atoms with van der Waals surface area (Å²) < 4.78 is 1.89. The van der Waals surface area contributed by atoms with Gasteiger partial charge in [-0.1, -0.05) is 18.2 Å². The molecule has 0 unspecified atom stereocenters. The summed E-state index contributed by atoms with van der Waals surface area (Å²) in [6.45, 7) is 0.677. The number of fused-ring (bicyclic) bond motifs is 1. The Labute approximate surface area is 222 Å². The minimum Gasteiger partial charge on any atom is -0.545 e. The lowest BCUT2D eigenvalue weighted by Crippen LogP contribution is -2.55.